The van der Waals surface area contributed by atoms with Gasteiger partial charge in [0.2, 0.25) is 0 Å². The second-order valence-corrected chi connectivity index (χ2v) is 5.52. The molecule has 0 aliphatic heterocycles. The van der Waals surface area contributed by atoms with E-state index in [1.165, 1.54) is 5.56 Å². The van der Waals surface area contributed by atoms with Crippen molar-refractivity contribution < 1.29 is 4.74 Å². The molecule has 0 fully saturated rings. The van der Waals surface area contributed by atoms with Gasteiger partial charge in [-0.25, -0.2) is 0 Å². The van der Waals surface area contributed by atoms with Gasteiger partial charge in [-0.15, -0.1) is 0 Å². The fourth-order valence-corrected chi connectivity index (χ4v) is 2.30. The van der Waals surface area contributed by atoms with Gasteiger partial charge < -0.3 is 10.1 Å². The van der Waals surface area contributed by atoms with Crippen molar-refractivity contribution in [1.82, 2.24) is 5.32 Å². The first kappa shape index (κ1) is 15.9. The van der Waals surface area contributed by atoms with Crippen LogP contribution in [0.1, 0.15) is 37.4 Å². The Hall–Kier alpha value is -1.51. The average molecular weight is 304 g/mol. The van der Waals surface area contributed by atoms with Crippen LogP contribution in [0.25, 0.3) is 0 Å². The predicted molar refractivity (Wildman–Crippen MR) is 88.9 cm³/mol. The first-order valence-corrected chi connectivity index (χ1v) is 7.78. The molecule has 0 aliphatic carbocycles. The molecule has 0 aliphatic rings. The average Bonchev–Trinajstić information content (AvgIpc) is 2.52. The molecule has 2 aromatic rings. The van der Waals surface area contributed by atoms with Crippen molar-refractivity contribution in [2.24, 2.45) is 0 Å². The first-order chi connectivity index (χ1) is 10.2. The Morgan fingerprint density at radius 3 is 2.48 bits per heavy atom. The highest BCUT2D eigenvalue weighted by atomic mass is 35.5. The van der Waals surface area contributed by atoms with Crippen molar-refractivity contribution in [2.45, 2.75) is 32.9 Å². The van der Waals surface area contributed by atoms with Gasteiger partial charge in [0.1, 0.15) is 5.75 Å². The van der Waals surface area contributed by atoms with E-state index in [0.717, 1.165) is 35.9 Å². The van der Waals surface area contributed by atoms with Crippen LogP contribution in [0.4, 0.5) is 0 Å². The van der Waals surface area contributed by atoms with Crippen LogP contribution in [-0.4, -0.2) is 6.61 Å². The van der Waals surface area contributed by atoms with E-state index in [1.54, 1.807) is 0 Å². The van der Waals surface area contributed by atoms with E-state index < -0.39 is 0 Å². The molecular formula is C18H22ClNO. The molecule has 0 heterocycles. The van der Waals surface area contributed by atoms with E-state index in [0.29, 0.717) is 0 Å². The molecule has 1 N–H and O–H groups in total. The molecular weight excluding hydrogens is 282 g/mol. The van der Waals surface area contributed by atoms with Crippen LogP contribution in [0.15, 0.2) is 48.5 Å². The Balaban J connectivity index is 1.91. The molecule has 112 valence electrons. The third-order valence-electron chi connectivity index (χ3n) is 3.41. The fraction of sp³-hybridized carbons (Fsp3) is 0.333. The number of nitrogens with one attached hydrogen (secondary N) is 1. The van der Waals surface area contributed by atoms with Gasteiger partial charge in [0.15, 0.2) is 0 Å². The molecule has 0 radical (unpaired) electrons. The number of hydrogen-bond acceptors (Lipinski definition) is 2. The summed E-state index contributed by atoms with van der Waals surface area (Å²) in [5.74, 6) is 0.930. The lowest BCUT2D eigenvalue weighted by atomic mass is 10.1. The van der Waals surface area contributed by atoms with Crippen molar-refractivity contribution in [3.8, 4) is 5.75 Å². The lowest BCUT2D eigenvalue weighted by Crippen LogP contribution is -2.18. The SMILES string of the molecule is CCCOc1ccc(C(C)NCc2ccccc2Cl)cc1. The number of ether oxygens (including phenoxy) is 1. The topological polar surface area (TPSA) is 21.3 Å². The van der Waals surface area contributed by atoms with Crippen molar-refractivity contribution in [2.75, 3.05) is 6.61 Å². The molecule has 0 saturated carbocycles. The normalized spacial score (nSPS) is 12.1. The number of hydrogen-bond donors (Lipinski definition) is 1. The smallest absolute Gasteiger partial charge is 0.119 e. The largest absolute Gasteiger partial charge is 0.494 e. The molecule has 21 heavy (non-hydrogen) atoms. The fourth-order valence-electron chi connectivity index (χ4n) is 2.10. The standard InChI is InChI=1S/C18H22ClNO/c1-3-12-21-17-10-8-15(9-11-17)14(2)20-13-16-6-4-5-7-18(16)19/h4-11,14,20H,3,12-13H2,1-2H3. The highest BCUT2D eigenvalue weighted by Gasteiger charge is 2.06. The van der Waals surface area contributed by atoms with Gasteiger partial charge in [-0.2, -0.15) is 0 Å². The Kier molecular flexibility index (Phi) is 6.09. The highest BCUT2D eigenvalue weighted by molar-refractivity contribution is 6.31. The second kappa shape index (κ2) is 8.06. The lowest BCUT2D eigenvalue weighted by molar-refractivity contribution is 0.317. The zero-order valence-electron chi connectivity index (χ0n) is 12.6. The minimum absolute atomic E-state index is 0.265. The molecule has 0 aromatic heterocycles. The van der Waals surface area contributed by atoms with Crippen LogP contribution in [0.3, 0.4) is 0 Å². The number of benzene rings is 2. The van der Waals surface area contributed by atoms with Crippen molar-refractivity contribution in [3.63, 3.8) is 0 Å². The van der Waals surface area contributed by atoms with Crippen molar-refractivity contribution in [1.29, 1.82) is 0 Å². The molecule has 1 atom stereocenters. The van der Waals surface area contributed by atoms with E-state index in [1.807, 2.05) is 36.4 Å². The molecule has 2 nitrogen and oxygen atoms in total. The Labute approximate surface area is 132 Å². The van der Waals surface area contributed by atoms with Crippen LogP contribution >= 0.6 is 11.6 Å². The molecule has 0 bridgehead atoms. The highest BCUT2D eigenvalue weighted by Crippen LogP contribution is 2.20. The number of rotatable bonds is 7. The Bertz CT molecular complexity index is 553. The van der Waals surface area contributed by atoms with Crippen LogP contribution in [-0.2, 0) is 6.54 Å². The maximum Gasteiger partial charge on any atom is 0.119 e. The Morgan fingerprint density at radius 2 is 1.81 bits per heavy atom. The molecule has 0 saturated heterocycles. The summed E-state index contributed by atoms with van der Waals surface area (Å²) in [4.78, 5) is 0. The summed E-state index contributed by atoms with van der Waals surface area (Å²) in [6.45, 7) is 5.78. The van der Waals surface area contributed by atoms with E-state index in [2.05, 4.69) is 31.3 Å². The third-order valence-corrected chi connectivity index (χ3v) is 3.78. The first-order valence-electron chi connectivity index (χ1n) is 7.40. The maximum absolute atomic E-state index is 6.17. The minimum atomic E-state index is 0.265. The molecule has 2 aromatic carbocycles. The van der Waals surface area contributed by atoms with Gasteiger partial charge in [-0.05, 0) is 42.7 Å². The molecule has 3 heteroatoms. The number of halogens is 1. The van der Waals surface area contributed by atoms with Crippen LogP contribution in [0.5, 0.6) is 5.75 Å². The van der Waals surface area contributed by atoms with Crippen LogP contribution in [0, 0.1) is 0 Å². The van der Waals surface area contributed by atoms with Gasteiger partial charge in [0.05, 0.1) is 6.61 Å². The van der Waals surface area contributed by atoms with E-state index >= 15 is 0 Å². The Morgan fingerprint density at radius 1 is 1.10 bits per heavy atom. The van der Waals surface area contributed by atoms with Crippen LogP contribution in [0.2, 0.25) is 5.02 Å². The maximum atomic E-state index is 6.17. The van der Waals surface area contributed by atoms with Crippen molar-refractivity contribution in [3.05, 3.63) is 64.7 Å². The van der Waals surface area contributed by atoms with Gasteiger partial charge in [-0.1, -0.05) is 48.9 Å². The second-order valence-electron chi connectivity index (χ2n) is 5.11. The molecule has 2 rings (SSSR count). The summed E-state index contributed by atoms with van der Waals surface area (Å²) in [6.07, 6.45) is 1.03. The third kappa shape index (κ3) is 4.76. The van der Waals surface area contributed by atoms with Gasteiger partial charge in [-0.3, -0.25) is 0 Å². The zero-order valence-corrected chi connectivity index (χ0v) is 13.4. The summed E-state index contributed by atoms with van der Waals surface area (Å²) in [6, 6.07) is 16.5. The molecule has 0 spiro atoms. The summed E-state index contributed by atoms with van der Waals surface area (Å²) in [5.41, 5.74) is 2.36. The van der Waals surface area contributed by atoms with Crippen LogP contribution < -0.4 is 10.1 Å². The van der Waals surface area contributed by atoms with E-state index in [-0.39, 0.29) is 6.04 Å². The van der Waals surface area contributed by atoms with Gasteiger partial charge >= 0.3 is 0 Å². The summed E-state index contributed by atoms with van der Waals surface area (Å²) in [7, 11) is 0. The summed E-state index contributed by atoms with van der Waals surface area (Å²) >= 11 is 6.17. The summed E-state index contributed by atoms with van der Waals surface area (Å²) in [5, 5.41) is 4.30. The summed E-state index contributed by atoms with van der Waals surface area (Å²) < 4.78 is 5.60. The molecule has 1 unspecified atom stereocenters. The van der Waals surface area contributed by atoms with E-state index in [9.17, 15) is 0 Å². The van der Waals surface area contributed by atoms with Gasteiger partial charge in [0.25, 0.3) is 0 Å². The van der Waals surface area contributed by atoms with Crippen molar-refractivity contribution >= 4 is 11.6 Å². The van der Waals surface area contributed by atoms with E-state index in [4.69, 9.17) is 16.3 Å². The quantitative estimate of drug-likeness (QED) is 0.779. The van der Waals surface area contributed by atoms with Gasteiger partial charge in [0, 0.05) is 17.6 Å². The monoisotopic (exact) mass is 303 g/mol. The minimum Gasteiger partial charge on any atom is -0.494 e. The predicted octanol–water partition coefficient (Wildman–Crippen LogP) is 4.98. The zero-order chi connectivity index (χ0) is 15.1. The lowest BCUT2D eigenvalue weighted by Gasteiger charge is -2.15. The molecule has 0 amide bonds.